The summed E-state index contributed by atoms with van der Waals surface area (Å²) < 4.78 is 0. The summed E-state index contributed by atoms with van der Waals surface area (Å²) in [5.74, 6) is 0. The molecule has 0 aliphatic carbocycles. The van der Waals surface area contributed by atoms with Crippen LogP contribution in [0, 0.1) is 12.3 Å². The van der Waals surface area contributed by atoms with Gasteiger partial charge in [-0.1, -0.05) is 38.5 Å². The number of anilines is 1. The molecule has 1 heterocycles. The van der Waals surface area contributed by atoms with Gasteiger partial charge in [0, 0.05) is 24.8 Å². The van der Waals surface area contributed by atoms with Gasteiger partial charge in [0.2, 0.25) is 0 Å². The van der Waals surface area contributed by atoms with E-state index < -0.39 is 0 Å². The summed E-state index contributed by atoms with van der Waals surface area (Å²) in [5.41, 5.74) is 10.9. The van der Waals surface area contributed by atoms with E-state index in [1.807, 2.05) is 0 Å². The van der Waals surface area contributed by atoms with Gasteiger partial charge in [-0.2, -0.15) is 0 Å². The van der Waals surface area contributed by atoms with Crippen molar-refractivity contribution in [1.29, 1.82) is 0 Å². The van der Waals surface area contributed by atoms with Crippen molar-refractivity contribution in [2.24, 2.45) is 11.1 Å². The van der Waals surface area contributed by atoms with Gasteiger partial charge in [0.25, 0.3) is 0 Å². The molecule has 118 valence electrons. The van der Waals surface area contributed by atoms with Crippen LogP contribution in [0.4, 0.5) is 5.69 Å². The summed E-state index contributed by atoms with van der Waals surface area (Å²) in [6.07, 6.45) is 5.94. The smallest absolute Gasteiger partial charge is 0.0399 e. The molecule has 1 saturated heterocycles. The molecule has 0 saturated carbocycles. The summed E-state index contributed by atoms with van der Waals surface area (Å²) in [4.78, 5) is 2.60. The molecule has 0 aromatic heterocycles. The minimum atomic E-state index is 0.273. The summed E-state index contributed by atoms with van der Waals surface area (Å²) in [5, 5.41) is 0. The molecule has 1 atom stereocenters. The molecular formula is C19H32N2. The normalized spacial score (nSPS) is 19.0. The van der Waals surface area contributed by atoms with E-state index in [9.17, 15) is 0 Å². The molecule has 1 aliphatic rings. The molecule has 0 bridgehead atoms. The van der Waals surface area contributed by atoms with Gasteiger partial charge in [0.05, 0.1) is 0 Å². The van der Waals surface area contributed by atoms with Crippen molar-refractivity contribution in [3.05, 3.63) is 29.3 Å². The van der Waals surface area contributed by atoms with Crippen molar-refractivity contribution < 1.29 is 0 Å². The first kappa shape index (κ1) is 16.4. The molecule has 1 unspecified atom stereocenters. The zero-order valence-electron chi connectivity index (χ0n) is 14.3. The van der Waals surface area contributed by atoms with Crippen molar-refractivity contribution in [3.8, 4) is 0 Å². The Morgan fingerprint density at radius 2 is 1.95 bits per heavy atom. The lowest BCUT2D eigenvalue weighted by Crippen LogP contribution is -2.28. The van der Waals surface area contributed by atoms with Crippen LogP contribution in [0.25, 0.3) is 0 Å². The van der Waals surface area contributed by atoms with Crippen LogP contribution in [-0.2, 0) is 6.42 Å². The fourth-order valence-corrected chi connectivity index (χ4v) is 3.58. The average molecular weight is 288 g/mol. The number of benzene rings is 1. The Morgan fingerprint density at radius 3 is 2.52 bits per heavy atom. The molecule has 2 heteroatoms. The van der Waals surface area contributed by atoms with Gasteiger partial charge in [-0.25, -0.2) is 0 Å². The fourth-order valence-electron chi connectivity index (χ4n) is 3.58. The Labute approximate surface area is 130 Å². The van der Waals surface area contributed by atoms with E-state index in [0.29, 0.717) is 5.41 Å². The lowest BCUT2D eigenvalue weighted by molar-refractivity contribution is 0.301. The van der Waals surface area contributed by atoms with E-state index >= 15 is 0 Å². The monoisotopic (exact) mass is 288 g/mol. The van der Waals surface area contributed by atoms with Gasteiger partial charge in [0.1, 0.15) is 0 Å². The van der Waals surface area contributed by atoms with E-state index in [-0.39, 0.29) is 6.04 Å². The first-order valence-corrected chi connectivity index (χ1v) is 8.63. The van der Waals surface area contributed by atoms with Gasteiger partial charge in [0.15, 0.2) is 0 Å². The van der Waals surface area contributed by atoms with Crippen LogP contribution in [0.3, 0.4) is 0 Å². The van der Waals surface area contributed by atoms with Crippen molar-refractivity contribution in [3.63, 3.8) is 0 Å². The van der Waals surface area contributed by atoms with Crippen LogP contribution in [0.2, 0.25) is 0 Å². The van der Waals surface area contributed by atoms with Gasteiger partial charge in [-0.3, -0.25) is 0 Å². The molecule has 0 spiro atoms. The van der Waals surface area contributed by atoms with Crippen molar-refractivity contribution in [2.75, 3.05) is 18.0 Å². The summed E-state index contributed by atoms with van der Waals surface area (Å²) in [6.45, 7) is 11.4. The van der Waals surface area contributed by atoms with Crippen LogP contribution >= 0.6 is 0 Å². The maximum atomic E-state index is 6.21. The number of hydrogen-bond donors (Lipinski definition) is 1. The minimum absolute atomic E-state index is 0.273. The van der Waals surface area contributed by atoms with E-state index in [4.69, 9.17) is 5.73 Å². The number of aryl methyl sites for hydroxylation is 1. The second-order valence-electron chi connectivity index (χ2n) is 6.88. The molecule has 1 fully saturated rings. The highest BCUT2D eigenvalue weighted by atomic mass is 15.2. The molecule has 0 amide bonds. The molecule has 21 heavy (non-hydrogen) atoms. The van der Waals surface area contributed by atoms with Crippen LogP contribution in [0.5, 0.6) is 0 Å². The standard InChI is InChI=1S/C19H32N2/c1-5-17(20)13-16-12-15(4)8-9-18(16)21-11-10-19(6-2,7-3)14-21/h8-9,12,17H,5-7,10-11,13-14,20H2,1-4H3. The Bertz CT molecular complexity index is 463. The van der Waals surface area contributed by atoms with Crippen LogP contribution in [0.15, 0.2) is 18.2 Å². The van der Waals surface area contributed by atoms with Crippen LogP contribution in [0.1, 0.15) is 57.6 Å². The maximum absolute atomic E-state index is 6.21. The summed E-state index contributed by atoms with van der Waals surface area (Å²) >= 11 is 0. The van der Waals surface area contributed by atoms with E-state index in [1.165, 1.54) is 49.2 Å². The summed E-state index contributed by atoms with van der Waals surface area (Å²) in [7, 11) is 0. The Morgan fingerprint density at radius 1 is 1.24 bits per heavy atom. The first-order valence-electron chi connectivity index (χ1n) is 8.63. The van der Waals surface area contributed by atoms with Crippen LogP contribution in [-0.4, -0.2) is 19.1 Å². The second-order valence-corrected chi connectivity index (χ2v) is 6.88. The molecule has 0 radical (unpaired) electrons. The molecule has 1 aromatic carbocycles. The molecular weight excluding hydrogens is 256 g/mol. The molecule has 2 nitrogen and oxygen atoms in total. The molecule has 1 aliphatic heterocycles. The Balaban J connectivity index is 2.24. The minimum Gasteiger partial charge on any atom is -0.371 e. The fraction of sp³-hybridized carbons (Fsp3) is 0.684. The molecule has 1 aromatic rings. The van der Waals surface area contributed by atoms with E-state index in [1.54, 1.807) is 0 Å². The number of hydrogen-bond acceptors (Lipinski definition) is 2. The third kappa shape index (κ3) is 3.60. The molecule has 2 N–H and O–H groups in total. The average Bonchev–Trinajstić information content (AvgIpc) is 2.92. The lowest BCUT2D eigenvalue weighted by atomic mass is 9.82. The van der Waals surface area contributed by atoms with Gasteiger partial charge in [-0.15, -0.1) is 0 Å². The predicted octanol–water partition coefficient (Wildman–Crippen LogP) is 4.29. The van der Waals surface area contributed by atoms with Crippen molar-refractivity contribution in [1.82, 2.24) is 0 Å². The van der Waals surface area contributed by atoms with E-state index in [2.05, 4.69) is 50.8 Å². The Kier molecular flexibility index (Phi) is 5.32. The quantitative estimate of drug-likeness (QED) is 0.846. The van der Waals surface area contributed by atoms with Crippen molar-refractivity contribution >= 4 is 5.69 Å². The summed E-state index contributed by atoms with van der Waals surface area (Å²) in [6, 6.07) is 7.17. The Hall–Kier alpha value is -1.02. The zero-order valence-corrected chi connectivity index (χ0v) is 14.3. The van der Waals surface area contributed by atoms with Gasteiger partial charge in [-0.05, 0) is 56.1 Å². The highest BCUT2D eigenvalue weighted by molar-refractivity contribution is 5.56. The lowest BCUT2D eigenvalue weighted by Gasteiger charge is -2.29. The second kappa shape index (κ2) is 6.83. The third-order valence-corrected chi connectivity index (χ3v) is 5.52. The van der Waals surface area contributed by atoms with Crippen molar-refractivity contribution in [2.45, 2.75) is 65.8 Å². The maximum Gasteiger partial charge on any atom is 0.0399 e. The first-order chi connectivity index (χ1) is 10.0. The predicted molar refractivity (Wildman–Crippen MR) is 93.0 cm³/mol. The third-order valence-electron chi connectivity index (χ3n) is 5.52. The highest BCUT2D eigenvalue weighted by Crippen LogP contribution is 2.40. The highest BCUT2D eigenvalue weighted by Gasteiger charge is 2.35. The van der Waals surface area contributed by atoms with E-state index in [0.717, 1.165) is 12.8 Å². The number of nitrogens with zero attached hydrogens (tertiary/aromatic N) is 1. The van der Waals surface area contributed by atoms with Crippen LogP contribution < -0.4 is 10.6 Å². The molecule has 2 rings (SSSR count). The number of rotatable bonds is 6. The van der Waals surface area contributed by atoms with Gasteiger partial charge < -0.3 is 10.6 Å². The SMILES string of the molecule is CCC(N)Cc1cc(C)ccc1N1CCC(CC)(CC)C1. The largest absolute Gasteiger partial charge is 0.371 e. The number of nitrogens with two attached hydrogens (primary N) is 1. The topological polar surface area (TPSA) is 29.3 Å². The van der Waals surface area contributed by atoms with Gasteiger partial charge >= 0.3 is 0 Å². The zero-order chi connectivity index (χ0) is 15.5.